The lowest BCUT2D eigenvalue weighted by Gasteiger charge is -2.14. The van der Waals surface area contributed by atoms with E-state index in [0.29, 0.717) is 23.8 Å². The zero-order chi connectivity index (χ0) is 15.2. The summed E-state index contributed by atoms with van der Waals surface area (Å²) in [5.41, 5.74) is 1.73. The highest BCUT2D eigenvalue weighted by molar-refractivity contribution is 6.31. The van der Waals surface area contributed by atoms with Crippen molar-refractivity contribution in [3.8, 4) is 5.75 Å². The maximum absolute atomic E-state index is 11.4. The molecule has 0 saturated carbocycles. The molecule has 0 radical (unpaired) electrons. The largest absolute Gasteiger partial charge is 0.494 e. The van der Waals surface area contributed by atoms with Crippen LogP contribution in [0.3, 0.4) is 0 Å². The van der Waals surface area contributed by atoms with E-state index in [1.165, 1.54) is 0 Å². The Morgan fingerprint density at radius 2 is 1.95 bits per heavy atom. The first kappa shape index (κ1) is 15.4. The SMILES string of the molecule is Cc1cc(OCCC(C(=O)O)c2ccccc2)ccc1Cl. The van der Waals surface area contributed by atoms with Crippen LogP contribution in [0.5, 0.6) is 5.75 Å². The molecule has 0 saturated heterocycles. The number of aryl methyl sites for hydroxylation is 1. The second-order valence-electron chi connectivity index (χ2n) is 4.85. The van der Waals surface area contributed by atoms with Crippen molar-refractivity contribution >= 4 is 17.6 Å². The van der Waals surface area contributed by atoms with Crippen LogP contribution in [0.2, 0.25) is 5.02 Å². The molecule has 2 aromatic rings. The Bertz CT molecular complexity index is 611. The summed E-state index contributed by atoms with van der Waals surface area (Å²) in [6.07, 6.45) is 0.418. The molecule has 0 amide bonds. The molecule has 2 aromatic carbocycles. The predicted octanol–water partition coefficient (Wildman–Crippen LogP) is 4.29. The number of hydrogen-bond donors (Lipinski definition) is 1. The van der Waals surface area contributed by atoms with Gasteiger partial charge in [-0.25, -0.2) is 0 Å². The third-order valence-corrected chi connectivity index (χ3v) is 3.73. The molecule has 2 rings (SSSR count). The summed E-state index contributed by atoms with van der Waals surface area (Å²) in [5.74, 6) is -0.689. The van der Waals surface area contributed by atoms with Gasteiger partial charge in [-0.1, -0.05) is 41.9 Å². The standard InChI is InChI=1S/C17H17ClO3/c1-12-11-14(7-8-16(12)18)21-10-9-15(17(19)20)13-5-3-2-4-6-13/h2-8,11,15H,9-10H2,1H3,(H,19,20). The van der Waals surface area contributed by atoms with Gasteiger partial charge < -0.3 is 9.84 Å². The van der Waals surface area contributed by atoms with Gasteiger partial charge in [0.05, 0.1) is 12.5 Å². The van der Waals surface area contributed by atoms with Gasteiger partial charge in [0.25, 0.3) is 0 Å². The van der Waals surface area contributed by atoms with Crippen LogP contribution in [0, 0.1) is 6.92 Å². The first-order valence-electron chi connectivity index (χ1n) is 6.74. The van der Waals surface area contributed by atoms with Crippen LogP contribution >= 0.6 is 11.6 Å². The summed E-state index contributed by atoms with van der Waals surface area (Å²) in [6, 6.07) is 14.6. The van der Waals surface area contributed by atoms with Gasteiger partial charge in [0.1, 0.15) is 5.75 Å². The average molecular weight is 305 g/mol. The molecule has 0 bridgehead atoms. The number of rotatable bonds is 6. The highest BCUT2D eigenvalue weighted by atomic mass is 35.5. The van der Waals surface area contributed by atoms with Crippen LogP contribution in [-0.2, 0) is 4.79 Å². The Kier molecular flexibility index (Phi) is 5.23. The van der Waals surface area contributed by atoms with Gasteiger partial charge in [0, 0.05) is 5.02 Å². The number of benzene rings is 2. The summed E-state index contributed by atoms with van der Waals surface area (Å²) in [5, 5.41) is 10.0. The Morgan fingerprint density at radius 1 is 1.24 bits per heavy atom. The highest BCUT2D eigenvalue weighted by Gasteiger charge is 2.19. The van der Waals surface area contributed by atoms with Crippen molar-refractivity contribution in [2.45, 2.75) is 19.3 Å². The quantitative estimate of drug-likeness (QED) is 0.866. The van der Waals surface area contributed by atoms with Crippen LogP contribution in [0.1, 0.15) is 23.5 Å². The molecule has 110 valence electrons. The van der Waals surface area contributed by atoms with Crippen molar-refractivity contribution in [3.05, 3.63) is 64.7 Å². The van der Waals surface area contributed by atoms with E-state index in [2.05, 4.69) is 0 Å². The lowest BCUT2D eigenvalue weighted by atomic mass is 9.96. The second kappa shape index (κ2) is 7.14. The monoisotopic (exact) mass is 304 g/mol. The molecule has 0 fully saturated rings. The first-order chi connectivity index (χ1) is 10.1. The highest BCUT2D eigenvalue weighted by Crippen LogP contribution is 2.23. The Hall–Kier alpha value is -2.00. The second-order valence-corrected chi connectivity index (χ2v) is 5.26. The van der Waals surface area contributed by atoms with Crippen LogP contribution < -0.4 is 4.74 Å². The number of carboxylic acids is 1. The van der Waals surface area contributed by atoms with E-state index in [9.17, 15) is 9.90 Å². The van der Waals surface area contributed by atoms with E-state index in [4.69, 9.17) is 16.3 Å². The summed E-state index contributed by atoms with van der Waals surface area (Å²) in [6.45, 7) is 2.24. The van der Waals surface area contributed by atoms with Crippen molar-refractivity contribution in [3.63, 3.8) is 0 Å². The lowest BCUT2D eigenvalue weighted by molar-refractivity contribution is -0.139. The van der Waals surface area contributed by atoms with Gasteiger partial charge in [-0.15, -0.1) is 0 Å². The smallest absolute Gasteiger partial charge is 0.311 e. The molecule has 1 unspecified atom stereocenters. The number of carboxylic acid groups (broad SMARTS) is 1. The molecular weight excluding hydrogens is 288 g/mol. The minimum Gasteiger partial charge on any atom is -0.494 e. The van der Waals surface area contributed by atoms with E-state index in [0.717, 1.165) is 11.1 Å². The van der Waals surface area contributed by atoms with E-state index in [-0.39, 0.29) is 0 Å². The zero-order valence-electron chi connectivity index (χ0n) is 11.8. The molecule has 0 heterocycles. The van der Waals surface area contributed by atoms with Gasteiger partial charge in [-0.2, -0.15) is 0 Å². The van der Waals surface area contributed by atoms with Crippen LogP contribution in [0.25, 0.3) is 0 Å². The average Bonchev–Trinajstić information content (AvgIpc) is 2.48. The van der Waals surface area contributed by atoms with Crippen LogP contribution in [0.15, 0.2) is 48.5 Å². The maximum Gasteiger partial charge on any atom is 0.311 e. The third kappa shape index (κ3) is 4.23. The number of hydrogen-bond acceptors (Lipinski definition) is 2. The minimum atomic E-state index is -0.836. The summed E-state index contributed by atoms with van der Waals surface area (Å²) < 4.78 is 5.62. The van der Waals surface area contributed by atoms with Gasteiger partial charge in [-0.05, 0) is 42.7 Å². The fourth-order valence-corrected chi connectivity index (χ4v) is 2.24. The van der Waals surface area contributed by atoms with Gasteiger partial charge >= 0.3 is 5.97 Å². The number of ether oxygens (including phenoxy) is 1. The molecule has 4 heteroatoms. The Morgan fingerprint density at radius 3 is 2.57 bits per heavy atom. The van der Waals surface area contributed by atoms with Crippen LogP contribution in [-0.4, -0.2) is 17.7 Å². The summed E-state index contributed by atoms with van der Waals surface area (Å²) >= 11 is 5.95. The minimum absolute atomic E-state index is 0.340. The molecule has 0 aliphatic rings. The van der Waals surface area contributed by atoms with Crippen LogP contribution in [0.4, 0.5) is 0 Å². The number of aliphatic carboxylic acids is 1. The lowest BCUT2D eigenvalue weighted by Crippen LogP contribution is -2.15. The van der Waals surface area contributed by atoms with E-state index in [1.54, 1.807) is 12.1 Å². The third-order valence-electron chi connectivity index (χ3n) is 3.30. The van der Waals surface area contributed by atoms with E-state index >= 15 is 0 Å². The Balaban J connectivity index is 1.97. The predicted molar refractivity (Wildman–Crippen MR) is 83.1 cm³/mol. The molecule has 0 aliphatic carbocycles. The zero-order valence-corrected chi connectivity index (χ0v) is 12.5. The van der Waals surface area contributed by atoms with Crippen molar-refractivity contribution in [1.29, 1.82) is 0 Å². The number of carbonyl (C=O) groups is 1. The summed E-state index contributed by atoms with van der Waals surface area (Å²) in [4.78, 5) is 11.4. The molecule has 0 spiro atoms. The van der Waals surface area contributed by atoms with Crippen molar-refractivity contribution < 1.29 is 14.6 Å². The molecule has 0 aromatic heterocycles. The van der Waals surface area contributed by atoms with Crippen molar-refractivity contribution in [1.82, 2.24) is 0 Å². The van der Waals surface area contributed by atoms with Gasteiger partial charge in [0.15, 0.2) is 0 Å². The fourth-order valence-electron chi connectivity index (χ4n) is 2.12. The molecule has 0 aliphatic heterocycles. The summed E-state index contributed by atoms with van der Waals surface area (Å²) in [7, 11) is 0. The topological polar surface area (TPSA) is 46.5 Å². The van der Waals surface area contributed by atoms with E-state index in [1.807, 2.05) is 43.3 Å². The van der Waals surface area contributed by atoms with Crippen molar-refractivity contribution in [2.75, 3.05) is 6.61 Å². The maximum atomic E-state index is 11.4. The Labute approximate surface area is 129 Å². The first-order valence-corrected chi connectivity index (χ1v) is 7.12. The number of halogens is 1. The molecular formula is C17H17ClO3. The molecule has 1 N–H and O–H groups in total. The van der Waals surface area contributed by atoms with Gasteiger partial charge in [0.2, 0.25) is 0 Å². The molecule has 21 heavy (non-hydrogen) atoms. The molecule has 1 atom stereocenters. The van der Waals surface area contributed by atoms with Crippen molar-refractivity contribution in [2.24, 2.45) is 0 Å². The van der Waals surface area contributed by atoms with Gasteiger partial charge in [-0.3, -0.25) is 4.79 Å². The van der Waals surface area contributed by atoms with E-state index < -0.39 is 11.9 Å². The molecule has 3 nitrogen and oxygen atoms in total. The fraction of sp³-hybridized carbons (Fsp3) is 0.235. The normalized spacial score (nSPS) is 11.9.